The van der Waals surface area contributed by atoms with Crippen molar-refractivity contribution in [3.8, 4) is 0 Å². The second kappa shape index (κ2) is 5.35. The van der Waals surface area contributed by atoms with Crippen LogP contribution in [-0.2, 0) is 4.74 Å². The van der Waals surface area contributed by atoms with E-state index in [1.807, 2.05) is 24.3 Å². The van der Waals surface area contributed by atoms with Crippen LogP contribution in [0.25, 0.3) is 10.9 Å². The van der Waals surface area contributed by atoms with E-state index in [9.17, 15) is 4.79 Å². The predicted octanol–water partition coefficient (Wildman–Crippen LogP) is 2.84. The maximum absolute atomic E-state index is 12.0. The first-order chi connectivity index (χ1) is 9.22. The molecule has 3 rings (SSSR count). The van der Waals surface area contributed by atoms with Gasteiger partial charge in [-0.05, 0) is 31.0 Å². The van der Waals surface area contributed by atoms with Crippen LogP contribution in [0.15, 0.2) is 28.7 Å². The van der Waals surface area contributed by atoms with E-state index in [2.05, 4.69) is 26.2 Å². The summed E-state index contributed by atoms with van der Waals surface area (Å²) in [5.74, 6) is -0.0807. The number of hydrogen-bond donors (Lipinski definition) is 2. The molecule has 1 aliphatic rings. The van der Waals surface area contributed by atoms with Crippen molar-refractivity contribution in [3.63, 3.8) is 0 Å². The first-order valence-electron chi connectivity index (χ1n) is 6.40. The minimum absolute atomic E-state index is 0.0807. The summed E-state index contributed by atoms with van der Waals surface area (Å²) < 4.78 is 6.48. The second-order valence-electron chi connectivity index (χ2n) is 4.76. The van der Waals surface area contributed by atoms with Crippen LogP contribution in [0.2, 0.25) is 0 Å². The molecular formula is C14H15BrN2O2. The van der Waals surface area contributed by atoms with Gasteiger partial charge in [-0.2, -0.15) is 0 Å². The quantitative estimate of drug-likeness (QED) is 0.913. The van der Waals surface area contributed by atoms with Crippen molar-refractivity contribution in [2.75, 3.05) is 13.2 Å². The summed E-state index contributed by atoms with van der Waals surface area (Å²) in [6.45, 7) is 1.39. The zero-order valence-electron chi connectivity index (χ0n) is 10.4. The summed E-state index contributed by atoms with van der Waals surface area (Å²) >= 11 is 3.42. The highest BCUT2D eigenvalue weighted by Gasteiger charge is 2.17. The van der Waals surface area contributed by atoms with Gasteiger partial charge in [0.2, 0.25) is 0 Å². The van der Waals surface area contributed by atoms with E-state index in [1.54, 1.807) is 0 Å². The van der Waals surface area contributed by atoms with Gasteiger partial charge in [0.25, 0.3) is 5.91 Å². The lowest BCUT2D eigenvalue weighted by Gasteiger charge is -2.09. The lowest BCUT2D eigenvalue weighted by atomic mass is 10.2. The number of hydrogen-bond acceptors (Lipinski definition) is 2. The van der Waals surface area contributed by atoms with Crippen molar-refractivity contribution in [2.45, 2.75) is 18.9 Å². The molecule has 2 aromatic rings. The number of fused-ring (bicyclic) bond motifs is 1. The molecule has 4 nitrogen and oxygen atoms in total. The molecule has 1 atom stereocenters. The highest BCUT2D eigenvalue weighted by atomic mass is 79.9. The van der Waals surface area contributed by atoms with Gasteiger partial charge in [-0.25, -0.2) is 0 Å². The van der Waals surface area contributed by atoms with Gasteiger partial charge < -0.3 is 15.0 Å². The first-order valence-corrected chi connectivity index (χ1v) is 7.20. The Labute approximate surface area is 119 Å². The number of benzene rings is 1. The van der Waals surface area contributed by atoms with Crippen molar-refractivity contribution in [1.29, 1.82) is 0 Å². The fourth-order valence-corrected chi connectivity index (χ4v) is 2.69. The Morgan fingerprint density at radius 1 is 1.47 bits per heavy atom. The van der Waals surface area contributed by atoms with Crippen molar-refractivity contribution < 1.29 is 9.53 Å². The summed E-state index contributed by atoms with van der Waals surface area (Å²) in [7, 11) is 0. The van der Waals surface area contributed by atoms with Gasteiger partial charge in [-0.1, -0.05) is 22.0 Å². The van der Waals surface area contributed by atoms with Crippen LogP contribution < -0.4 is 5.32 Å². The van der Waals surface area contributed by atoms with Gasteiger partial charge in [0.05, 0.1) is 6.10 Å². The summed E-state index contributed by atoms with van der Waals surface area (Å²) in [4.78, 5) is 15.2. The highest BCUT2D eigenvalue weighted by molar-refractivity contribution is 9.10. The average molecular weight is 323 g/mol. The van der Waals surface area contributed by atoms with Gasteiger partial charge in [0.1, 0.15) is 5.69 Å². The molecule has 1 fully saturated rings. The molecule has 5 heteroatoms. The Balaban J connectivity index is 1.70. The molecule has 0 spiro atoms. The molecule has 1 saturated heterocycles. The first kappa shape index (κ1) is 12.7. The van der Waals surface area contributed by atoms with Crippen molar-refractivity contribution in [3.05, 3.63) is 34.4 Å². The molecule has 0 aliphatic carbocycles. The van der Waals surface area contributed by atoms with Crippen LogP contribution in [0.5, 0.6) is 0 Å². The zero-order chi connectivity index (χ0) is 13.2. The summed E-state index contributed by atoms with van der Waals surface area (Å²) in [6, 6.07) is 7.77. The Bertz CT molecular complexity index is 603. The van der Waals surface area contributed by atoms with Crippen LogP contribution in [0.1, 0.15) is 23.3 Å². The van der Waals surface area contributed by atoms with Crippen molar-refractivity contribution in [2.24, 2.45) is 0 Å². The standard InChI is InChI=1S/C14H15BrN2O2/c15-10-4-3-9-6-13(17-12(9)7-10)14(18)16-8-11-2-1-5-19-11/h3-4,6-7,11,17H,1-2,5,8H2,(H,16,18). The molecule has 1 aromatic carbocycles. The molecule has 0 bridgehead atoms. The number of halogens is 1. The van der Waals surface area contributed by atoms with E-state index >= 15 is 0 Å². The van der Waals surface area contributed by atoms with Gasteiger partial charge in [-0.3, -0.25) is 4.79 Å². The number of carbonyl (C=O) groups is 1. The van der Waals surface area contributed by atoms with E-state index in [4.69, 9.17) is 4.74 Å². The maximum atomic E-state index is 12.0. The lowest BCUT2D eigenvalue weighted by molar-refractivity contribution is 0.0854. The van der Waals surface area contributed by atoms with Crippen LogP contribution in [-0.4, -0.2) is 30.1 Å². The molecule has 1 amide bonds. The van der Waals surface area contributed by atoms with E-state index in [1.165, 1.54) is 0 Å². The number of ether oxygens (including phenoxy) is 1. The van der Waals surface area contributed by atoms with Gasteiger partial charge in [0.15, 0.2) is 0 Å². The number of H-pyrrole nitrogens is 1. The van der Waals surface area contributed by atoms with E-state index in [-0.39, 0.29) is 12.0 Å². The van der Waals surface area contributed by atoms with Crippen molar-refractivity contribution >= 4 is 32.7 Å². The SMILES string of the molecule is O=C(NCC1CCCO1)c1cc2ccc(Br)cc2[nH]1. The number of aromatic amines is 1. The third-order valence-corrected chi connectivity index (χ3v) is 3.84. The molecule has 2 heterocycles. The molecule has 1 aromatic heterocycles. The van der Waals surface area contributed by atoms with Crippen LogP contribution >= 0.6 is 15.9 Å². The van der Waals surface area contributed by atoms with Crippen LogP contribution in [0.4, 0.5) is 0 Å². The van der Waals surface area contributed by atoms with Crippen LogP contribution in [0.3, 0.4) is 0 Å². The molecule has 2 N–H and O–H groups in total. The molecule has 0 saturated carbocycles. The minimum Gasteiger partial charge on any atom is -0.376 e. The topological polar surface area (TPSA) is 54.1 Å². The smallest absolute Gasteiger partial charge is 0.267 e. The highest BCUT2D eigenvalue weighted by Crippen LogP contribution is 2.20. The third-order valence-electron chi connectivity index (χ3n) is 3.34. The summed E-state index contributed by atoms with van der Waals surface area (Å²) in [6.07, 6.45) is 2.28. The normalized spacial score (nSPS) is 18.9. The monoisotopic (exact) mass is 322 g/mol. The van der Waals surface area contributed by atoms with Gasteiger partial charge >= 0.3 is 0 Å². The number of carbonyl (C=O) groups excluding carboxylic acids is 1. The van der Waals surface area contributed by atoms with Crippen molar-refractivity contribution in [1.82, 2.24) is 10.3 Å². The Hall–Kier alpha value is -1.33. The third kappa shape index (κ3) is 2.82. The molecule has 0 radical (unpaired) electrons. The van der Waals surface area contributed by atoms with Crippen LogP contribution in [0, 0.1) is 0 Å². The number of aromatic nitrogens is 1. The minimum atomic E-state index is -0.0807. The fourth-order valence-electron chi connectivity index (χ4n) is 2.33. The number of amides is 1. The molecule has 19 heavy (non-hydrogen) atoms. The predicted molar refractivity (Wildman–Crippen MR) is 77.3 cm³/mol. The molecular weight excluding hydrogens is 308 g/mol. The summed E-state index contributed by atoms with van der Waals surface area (Å²) in [5, 5.41) is 3.94. The van der Waals surface area contributed by atoms with E-state index in [0.717, 1.165) is 34.8 Å². The fraction of sp³-hybridized carbons (Fsp3) is 0.357. The van der Waals surface area contributed by atoms with Gasteiger partial charge in [0, 0.05) is 28.5 Å². The largest absolute Gasteiger partial charge is 0.376 e. The van der Waals surface area contributed by atoms with E-state index < -0.39 is 0 Å². The summed E-state index contributed by atoms with van der Waals surface area (Å²) in [5.41, 5.74) is 1.54. The molecule has 1 aliphatic heterocycles. The lowest BCUT2D eigenvalue weighted by Crippen LogP contribution is -2.31. The Kier molecular flexibility index (Phi) is 3.57. The number of rotatable bonds is 3. The zero-order valence-corrected chi connectivity index (χ0v) is 12.0. The Morgan fingerprint density at radius 3 is 3.16 bits per heavy atom. The molecule has 1 unspecified atom stereocenters. The van der Waals surface area contributed by atoms with E-state index in [0.29, 0.717) is 12.2 Å². The second-order valence-corrected chi connectivity index (χ2v) is 5.68. The maximum Gasteiger partial charge on any atom is 0.267 e. The molecule has 100 valence electrons. The average Bonchev–Trinajstić information content (AvgIpc) is 3.04. The Morgan fingerprint density at radius 2 is 2.37 bits per heavy atom. The number of nitrogens with one attached hydrogen (secondary N) is 2. The van der Waals surface area contributed by atoms with Gasteiger partial charge in [-0.15, -0.1) is 0 Å².